The van der Waals surface area contributed by atoms with Crippen molar-refractivity contribution in [2.75, 3.05) is 42.6 Å². The van der Waals surface area contributed by atoms with Crippen LogP contribution in [0.3, 0.4) is 0 Å². The van der Waals surface area contributed by atoms with E-state index in [1.165, 1.54) is 6.07 Å². The summed E-state index contributed by atoms with van der Waals surface area (Å²) in [5.41, 5.74) is 4.27. The van der Waals surface area contributed by atoms with Gasteiger partial charge in [-0.3, -0.25) is 13.2 Å². The standard InChI is InChI=1S/C39H51N3O15S4.3Na/c1-38(2)31-16-10-11-17-33(31)41(22-12-14-24-58(44,45)46)35(38)18-8-6-5-7-9-19-36-39(3,4)32-26-29(20-21-34(32)42(36)23-13-15-25-59(47,48)49)37(43)40-27-30(57-61(53,54)55)28-56-60(50,51)52;;;/h5-11,16-21,26,30H,12-15,22-25,27-28H2,1-4H3,(H4-,40,43,44,45,46,47,48,49,50,51,52,53,54,55);;;/q;3*+1/p-3. The molecule has 0 saturated carbocycles. The maximum absolute atomic E-state index is 13.2. The summed E-state index contributed by atoms with van der Waals surface area (Å²) in [6.45, 7) is 6.98. The second kappa shape index (κ2) is 25.5. The fraction of sp³-hybridized carbons (Fsp3) is 0.436. The van der Waals surface area contributed by atoms with Crippen molar-refractivity contribution in [2.24, 2.45) is 0 Å². The van der Waals surface area contributed by atoms with Gasteiger partial charge in [0, 0.05) is 71.1 Å². The SMILES string of the molecule is CC1(C)C(/C=C/C=C/C=C/C=C2/N(CCCCS(=O)(=O)[O-])c3ccc(C(=O)NCC(COS(=O)(=O)[O-])OS(=O)(=O)[O-])cc3C2(C)C)=[N+](CCCCS(=O)(=O)[O-])c2ccccc21.[Na+].[Na+].[Na+]. The van der Waals surface area contributed by atoms with Crippen LogP contribution in [0.15, 0.2) is 90.7 Å². The Morgan fingerprint density at radius 1 is 0.750 bits per heavy atom. The molecule has 0 spiro atoms. The molecule has 1 unspecified atom stereocenters. The Kier molecular flexibility index (Phi) is 24.3. The van der Waals surface area contributed by atoms with E-state index in [9.17, 15) is 56.7 Å². The van der Waals surface area contributed by atoms with E-state index < -0.39 is 83.1 Å². The molecule has 0 saturated heterocycles. The number of amides is 1. The van der Waals surface area contributed by atoms with Crippen LogP contribution < -0.4 is 98.9 Å². The van der Waals surface area contributed by atoms with Gasteiger partial charge in [-0.25, -0.2) is 33.7 Å². The van der Waals surface area contributed by atoms with E-state index in [2.05, 4.69) is 38.2 Å². The number of allylic oxidation sites excluding steroid dienone is 8. The van der Waals surface area contributed by atoms with E-state index in [0.717, 1.165) is 22.7 Å². The maximum atomic E-state index is 13.2. The van der Waals surface area contributed by atoms with Gasteiger partial charge in [0.15, 0.2) is 5.71 Å². The predicted molar refractivity (Wildman–Crippen MR) is 222 cm³/mol. The van der Waals surface area contributed by atoms with Gasteiger partial charge in [0.1, 0.15) is 12.6 Å². The van der Waals surface area contributed by atoms with Crippen molar-refractivity contribution < 1.29 is 158 Å². The van der Waals surface area contributed by atoms with Crippen molar-refractivity contribution in [3.63, 3.8) is 0 Å². The quantitative estimate of drug-likeness (QED) is 0.0287. The maximum Gasteiger partial charge on any atom is 1.00 e. The number of nitrogens with zero attached hydrogens (tertiary/aromatic N) is 2. The topological polar surface area (TPSA) is 283 Å². The van der Waals surface area contributed by atoms with Gasteiger partial charge in [-0.1, -0.05) is 62.4 Å². The van der Waals surface area contributed by atoms with Crippen molar-refractivity contribution in [2.45, 2.75) is 70.3 Å². The number of hydrogen-bond acceptors (Lipinski definition) is 16. The third-order valence-corrected chi connectivity index (χ3v) is 12.6. The minimum Gasteiger partial charge on any atom is -0.748 e. The summed E-state index contributed by atoms with van der Waals surface area (Å²) in [6.07, 6.45) is 12.4. The third-order valence-electron chi connectivity index (χ3n) is 10.1. The molecule has 2 aromatic carbocycles. The first-order chi connectivity index (χ1) is 28.2. The van der Waals surface area contributed by atoms with Crippen molar-refractivity contribution in [3.8, 4) is 0 Å². The summed E-state index contributed by atoms with van der Waals surface area (Å²) < 4.78 is 144. The first-order valence-electron chi connectivity index (χ1n) is 19.0. The van der Waals surface area contributed by atoms with Crippen molar-refractivity contribution in [3.05, 3.63) is 107 Å². The van der Waals surface area contributed by atoms with Crippen LogP contribution in [0.4, 0.5) is 11.4 Å². The molecule has 0 aromatic heterocycles. The summed E-state index contributed by atoms with van der Waals surface area (Å²) in [5.74, 6) is -1.72. The molecule has 25 heteroatoms. The van der Waals surface area contributed by atoms with Crippen LogP contribution in [-0.4, -0.2) is 112 Å². The number of carbonyl (C=O) groups excluding carboxylic acids is 1. The van der Waals surface area contributed by atoms with Gasteiger partial charge in [0.25, 0.3) is 5.91 Å². The second-order valence-corrected chi connectivity index (χ2v) is 20.4. The zero-order valence-electron chi connectivity index (χ0n) is 36.9. The molecule has 64 heavy (non-hydrogen) atoms. The number of hydrogen-bond donors (Lipinski definition) is 1. The minimum absolute atomic E-state index is 0. The number of carbonyl (C=O) groups is 1. The average Bonchev–Trinajstić information content (AvgIpc) is 3.48. The van der Waals surface area contributed by atoms with Crippen molar-refractivity contribution in [1.29, 1.82) is 0 Å². The number of fused-ring (bicyclic) bond motifs is 2. The van der Waals surface area contributed by atoms with Crippen LogP contribution in [0.2, 0.25) is 0 Å². The van der Waals surface area contributed by atoms with E-state index in [4.69, 9.17) is 0 Å². The molecule has 1 atom stereocenters. The van der Waals surface area contributed by atoms with Crippen molar-refractivity contribution >= 4 is 64.0 Å². The van der Waals surface area contributed by atoms with E-state index in [0.29, 0.717) is 37.2 Å². The summed E-state index contributed by atoms with van der Waals surface area (Å²) in [6, 6.07) is 12.7. The van der Waals surface area contributed by atoms with Crippen LogP contribution in [0, 0.1) is 0 Å². The molecule has 0 radical (unpaired) electrons. The zero-order chi connectivity index (χ0) is 45.4. The molecule has 0 fully saturated rings. The number of unbranched alkanes of at least 4 members (excludes halogenated alkanes) is 2. The Morgan fingerprint density at radius 2 is 1.34 bits per heavy atom. The minimum atomic E-state index is -5.38. The van der Waals surface area contributed by atoms with Crippen LogP contribution in [-0.2, 0) is 60.2 Å². The fourth-order valence-corrected chi connectivity index (χ4v) is 9.17. The molecular weight excluding hydrogens is 948 g/mol. The third kappa shape index (κ3) is 18.4. The van der Waals surface area contributed by atoms with Crippen LogP contribution in [0.25, 0.3) is 0 Å². The van der Waals surface area contributed by atoms with Crippen LogP contribution in [0.1, 0.15) is 74.9 Å². The molecule has 1 N–H and O–H groups in total. The molecule has 4 rings (SSSR count). The predicted octanol–water partition coefficient (Wildman–Crippen LogP) is -5.87. The monoisotopic (exact) mass is 995 g/mol. The molecule has 0 aliphatic carbocycles. The first kappa shape index (κ1) is 60.9. The van der Waals surface area contributed by atoms with Crippen LogP contribution in [0.5, 0.6) is 0 Å². The van der Waals surface area contributed by atoms with Crippen LogP contribution >= 0.6 is 0 Å². The zero-order valence-corrected chi connectivity index (χ0v) is 46.1. The molecule has 0 bridgehead atoms. The van der Waals surface area contributed by atoms with Gasteiger partial charge in [0.2, 0.25) is 26.5 Å². The molecule has 2 aliphatic heterocycles. The summed E-state index contributed by atoms with van der Waals surface area (Å²) in [7, 11) is -19.4. The summed E-state index contributed by atoms with van der Waals surface area (Å²) in [5, 5.41) is 2.34. The van der Waals surface area contributed by atoms with Gasteiger partial charge < -0.3 is 28.4 Å². The second-order valence-electron chi connectivity index (χ2n) is 15.3. The average molecular weight is 996 g/mol. The fourth-order valence-electron chi connectivity index (χ4n) is 7.28. The normalized spacial score (nSPS) is 17.0. The smallest absolute Gasteiger partial charge is 0.748 e. The van der Waals surface area contributed by atoms with Gasteiger partial charge in [-0.2, -0.15) is 4.58 Å². The molecule has 2 aliphatic rings. The Bertz CT molecular complexity index is 2580. The Labute approximate surface area is 443 Å². The molecule has 336 valence electrons. The Balaban J connectivity index is 0.00000683. The van der Waals surface area contributed by atoms with Gasteiger partial charge in [-0.15, -0.1) is 0 Å². The van der Waals surface area contributed by atoms with E-state index in [-0.39, 0.29) is 112 Å². The van der Waals surface area contributed by atoms with Crippen molar-refractivity contribution in [1.82, 2.24) is 5.32 Å². The van der Waals surface area contributed by atoms with Gasteiger partial charge >= 0.3 is 88.7 Å². The number of nitrogens with one attached hydrogen (secondary N) is 1. The van der Waals surface area contributed by atoms with E-state index >= 15 is 0 Å². The number of anilines is 1. The number of para-hydroxylation sites is 1. The summed E-state index contributed by atoms with van der Waals surface area (Å²) >= 11 is 0. The van der Waals surface area contributed by atoms with E-state index in [1.807, 2.05) is 73.4 Å². The molecule has 18 nitrogen and oxygen atoms in total. The number of rotatable bonds is 22. The molecule has 2 aromatic rings. The van der Waals surface area contributed by atoms with Gasteiger partial charge in [-0.05, 0) is 62.9 Å². The summed E-state index contributed by atoms with van der Waals surface area (Å²) in [4.78, 5) is 15.1. The molecule has 2 heterocycles. The van der Waals surface area contributed by atoms with E-state index in [1.54, 1.807) is 18.2 Å². The Morgan fingerprint density at radius 3 is 1.95 bits per heavy atom. The molecular formula is C39H48N3Na3O15S4. The van der Waals surface area contributed by atoms with Gasteiger partial charge in [0.05, 0.1) is 32.3 Å². The largest absolute Gasteiger partial charge is 1.00 e. The molecule has 1 amide bonds. The first-order valence-corrected chi connectivity index (χ1v) is 24.8. The Hall–Kier alpha value is -1.10. The number of benzene rings is 2.